The molecule has 0 aliphatic rings. The van der Waals surface area contributed by atoms with Gasteiger partial charge in [0.25, 0.3) is 0 Å². The van der Waals surface area contributed by atoms with Crippen LogP contribution in [-0.2, 0) is 13.6 Å². The molecule has 7 heteroatoms. The average Bonchev–Trinajstić information content (AvgIpc) is 2.72. The van der Waals surface area contributed by atoms with E-state index in [1.807, 2.05) is 12.1 Å². The summed E-state index contributed by atoms with van der Waals surface area (Å²) in [6.45, 7) is 0.328. The minimum Gasteiger partial charge on any atom is -0.478 e. The molecule has 2 N–H and O–H groups in total. The highest BCUT2D eigenvalue weighted by atomic mass is 79.9. The first-order chi connectivity index (χ1) is 8.99. The number of nitrogens with one attached hydrogen (secondary N) is 1. The van der Waals surface area contributed by atoms with Crippen molar-refractivity contribution in [2.45, 2.75) is 6.54 Å². The van der Waals surface area contributed by atoms with Gasteiger partial charge in [0.1, 0.15) is 5.56 Å². The molecule has 2 rings (SSSR count). The van der Waals surface area contributed by atoms with E-state index in [2.05, 4.69) is 26.3 Å². The molecule has 0 spiro atoms. The van der Waals surface area contributed by atoms with Crippen molar-refractivity contribution >= 4 is 39.2 Å². The summed E-state index contributed by atoms with van der Waals surface area (Å²) < 4.78 is 2.42. The van der Waals surface area contributed by atoms with Gasteiger partial charge in [-0.15, -0.1) is 0 Å². The molecule has 0 atom stereocenters. The summed E-state index contributed by atoms with van der Waals surface area (Å²) in [6, 6.07) is 5.43. The summed E-state index contributed by atoms with van der Waals surface area (Å²) in [6.07, 6.45) is 1.34. The maximum atomic E-state index is 11.1. The zero-order valence-corrected chi connectivity index (χ0v) is 12.4. The number of carboxylic acids is 1. The SMILES string of the molecule is Cn1ncc(C(=O)O)c1CNc1cc(Br)ccc1Cl. The highest BCUT2D eigenvalue weighted by molar-refractivity contribution is 9.10. The Morgan fingerprint density at radius 3 is 3.00 bits per heavy atom. The lowest BCUT2D eigenvalue weighted by molar-refractivity contribution is 0.0695. The van der Waals surface area contributed by atoms with E-state index in [-0.39, 0.29) is 5.56 Å². The Morgan fingerprint density at radius 1 is 1.58 bits per heavy atom. The summed E-state index contributed by atoms with van der Waals surface area (Å²) in [5.41, 5.74) is 1.50. The van der Waals surface area contributed by atoms with E-state index >= 15 is 0 Å². The predicted molar refractivity (Wildman–Crippen MR) is 76.6 cm³/mol. The molecule has 0 bridgehead atoms. The number of aromatic nitrogens is 2. The van der Waals surface area contributed by atoms with E-state index < -0.39 is 5.97 Å². The fourth-order valence-corrected chi connectivity index (χ4v) is 2.21. The van der Waals surface area contributed by atoms with E-state index in [9.17, 15) is 4.79 Å². The summed E-state index contributed by atoms with van der Waals surface area (Å²) in [4.78, 5) is 11.1. The van der Waals surface area contributed by atoms with Crippen LogP contribution in [0.2, 0.25) is 5.02 Å². The number of hydrogen-bond donors (Lipinski definition) is 2. The van der Waals surface area contributed by atoms with Crippen LogP contribution < -0.4 is 5.32 Å². The molecule has 2 aromatic rings. The van der Waals surface area contributed by atoms with Crippen LogP contribution in [-0.4, -0.2) is 20.9 Å². The van der Waals surface area contributed by atoms with Crippen LogP contribution in [0.5, 0.6) is 0 Å². The summed E-state index contributed by atoms with van der Waals surface area (Å²) >= 11 is 9.41. The number of aryl methyl sites for hydroxylation is 1. The topological polar surface area (TPSA) is 67.2 Å². The number of benzene rings is 1. The van der Waals surface area contributed by atoms with Gasteiger partial charge in [-0.1, -0.05) is 27.5 Å². The predicted octanol–water partition coefficient (Wildman–Crippen LogP) is 3.15. The van der Waals surface area contributed by atoms with Gasteiger partial charge in [-0.05, 0) is 18.2 Å². The van der Waals surface area contributed by atoms with E-state index in [0.717, 1.165) is 10.2 Å². The zero-order valence-electron chi connectivity index (χ0n) is 10.0. The standard InChI is InChI=1S/C12H11BrClN3O2/c1-17-11(8(5-16-17)12(18)19)6-15-10-4-7(13)2-3-9(10)14/h2-5,15H,6H2,1H3,(H,18,19). The van der Waals surface area contributed by atoms with Crippen LogP contribution in [0.25, 0.3) is 0 Å². The maximum Gasteiger partial charge on any atom is 0.339 e. The van der Waals surface area contributed by atoms with Crippen LogP contribution in [0.15, 0.2) is 28.9 Å². The Hall–Kier alpha value is -1.53. The molecule has 0 aliphatic carbocycles. The largest absolute Gasteiger partial charge is 0.478 e. The van der Waals surface area contributed by atoms with Crippen LogP contribution in [0.4, 0.5) is 5.69 Å². The normalized spacial score (nSPS) is 10.5. The number of aromatic carboxylic acids is 1. The molecule has 5 nitrogen and oxygen atoms in total. The lowest BCUT2D eigenvalue weighted by atomic mass is 10.2. The van der Waals surface area contributed by atoms with E-state index in [0.29, 0.717) is 17.3 Å². The Kier molecular flexibility index (Phi) is 4.11. The second-order valence-corrected chi connectivity index (χ2v) is 5.23. The lowest BCUT2D eigenvalue weighted by Crippen LogP contribution is -2.10. The molecular formula is C12H11BrClN3O2. The third-order valence-corrected chi connectivity index (χ3v) is 3.49. The Labute approximate surface area is 123 Å². The molecule has 0 aliphatic heterocycles. The number of carbonyl (C=O) groups is 1. The maximum absolute atomic E-state index is 11.1. The molecule has 100 valence electrons. The average molecular weight is 345 g/mol. The van der Waals surface area contributed by atoms with Gasteiger partial charge in [0.2, 0.25) is 0 Å². The minimum atomic E-state index is -0.995. The van der Waals surface area contributed by atoms with Crippen molar-refractivity contribution in [3.63, 3.8) is 0 Å². The molecule has 0 amide bonds. The number of halogens is 2. The Balaban J connectivity index is 2.21. The van der Waals surface area contributed by atoms with Crippen LogP contribution in [0.1, 0.15) is 16.1 Å². The number of rotatable bonds is 4. The van der Waals surface area contributed by atoms with Gasteiger partial charge in [-0.25, -0.2) is 4.79 Å². The third-order valence-electron chi connectivity index (χ3n) is 2.67. The van der Waals surface area contributed by atoms with Crippen LogP contribution >= 0.6 is 27.5 Å². The van der Waals surface area contributed by atoms with Gasteiger partial charge in [-0.2, -0.15) is 5.10 Å². The first-order valence-corrected chi connectivity index (χ1v) is 6.59. The third kappa shape index (κ3) is 3.08. The van der Waals surface area contributed by atoms with Crippen molar-refractivity contribution in [3.8, 4) is 0 Å². The van der Waals surface area contributed by atoms with Crippen LogP contribution in [0, 0.1) is 0 Å². The molecule has 1 aromatic carbocycles. The van der Waals surface area contributed by atoms with Crippen molar-refractivity contribution in [1.82, 2.24) is 9.78 Å². The molecule has 19 heavy (non-hydrogen) atoms. The number of hydrogen-bond acceptors (Lipinski definition) is 3. The second-order valence-electron chi connectivity index (χ2n) is 3.91. The molecule has 0 saturated heterocycles. The van der Waals surface area contributed by atoms with E-state index in [1.54, 1.807) is 13.1 Å². The molecule has 0 saturated carbocycles. The van der Waals surface area contributed by atoms with Crippen molar-refractivity contribution in [3.05, 3.63) is 45.1 Å². The summed E-state index contributed by atoms with van der Waals surface area (Å²) in [5, 5.41) is 16.7. The highest BCUT2D eigenvalue weighted by Gasteiger charge is 2.14. The van der Waals surface area contributed by atoms with Gasteiger partial charge in [0.15, 0.2) is 0 Å². The number of nitrogens with zero attached hydrogens (tertiary/aromatic N) is 2. The summed E-state index contributed by atoms with van der Waals surface area (Å²) in [5.74, 6) is -0.995. The Morgan fingerprint density at radius 2 is 2.32 bits per heavy atom. The smallest absolute Gasteiger partial charge is 0.339 e. The minimum absolute atomic E-state index is 0.182. The van der Waals surface area contributed by atoms with Gasteiger partial charge in [-0.3, -0.25) is 4.68 Å². The van der Waals surface area contributed by atoms with Crippen molar-refractivity contribution in [1.29, 1.82) is 0 Å². The zero-order chi connectivity index (χ0) is 14.0. The van der Waals surface area contributed by atoms with Crippen molar-refractivity contribution < 1.29 is 9.90 Å². The Bertz CT molecular complexity index is 627. The van der Waals surface area contributed by atoms with Crippen molar-refractivity contribution in [2.24, 2.45) is 7.05 Å². The van der Waals surface area contributed by atoms with Crippen molar-refractivity contribution in [2.75, 3.05) is 5.32 Å². The lowest BCUT2D eigenvalue weighted by Gasteiger charge is -2.10. The number of carboxylic acid groups (broad SMARTS) is 1. The first kappa shape index (κ1) is 13.9. The highest BCUT2D eigenvalue weighted by Crippen LogP contribution is 2.26. The molecular weight excluding hydrogens is 334 g/mol. The molecule has 1 heterocycles. The van der Waals surface area contributed by atoms with E-state index in [4.69, 9.17) is 16.7 Å². The van der Waals surface area contributed by atoms with Crippen LogP contribution in [0.3, 0.4) is 0 Å². The number of anilines is 1. The second kappa shape index (κ2) is 5.63. The van der Waals surface area contributed by atoms with Gasteiger partial charge >= 0.3 is 5.97 Å². The van der Waals surface area contributed by atoms with Gasteiger partial charge in [0.05, 0.1) is 29.1 Å². The molecule has 0 fully saturated rings. The molecule has 1 aromatic heterocycles. The van der Waals surface area contributed by atoms with Gasteiger partial charge in [0, 0.05) is 11.5 Å². The fraction of sp³-hybridized carbons (Fsp3) is 0.167. The fourth-order valence-electron chi connectivity index (χ4n) is 1.66. The van der Waals surface area contributed by atoms with Gasteiger partial charge < -0.3 is 10.4 Å². The quantitative estimate of drug-likeness (QED) is 0.894. The monoisotopic (exact) mass is 343 g/mol. The molecule has 0 unspecified atom stereocenters. The summed E-state index contributed by atoms with van der Waals surface area (Å²) in [7, 11) is 1.70. The molecule has 0 radical (unpaired) electrons. The first-order valence-electron chi connectivity index (χ1n) is 5.42. The van der Waals surface area contributed by atoms with E-state index in [1.165, 1.54) is 10.9 Å².